The van der Waals surface area contributed by atoms with Crippen molar-refractivity contribution in [1.29, 1.82) is 0 Å². The summed E-state index contributed by atoms with van der Waals surface area (Å²) in [7, 11) is 0. The number of ketones is 1. The molecule has 2 saturated carbocycles. The lowest BCUT2D eigenvalue weighted by molar-refractivity contribution is -0.157. The van der Waals surface area contributed by atoms with E-state index in [0.717, 1.165) is 24.8 Å². The molecule has 0 spiro atoms. The quantitative estimate of drug-likeness (QED) is 0.897. The molecule has 3 heteroatoms. The molecule has 0 unspecified atom stereocenters. The normalized spacial score (nSPS) is 31.5. The van der Waals surface area contributed by atoms with E-state index in [2.05, 4.69) is 0 Å². The molecule has 5 atom stereocenters. The number of hydrogen-bond donors (Lipinski definition) is 1. The summed E-state index contributed by atoms with van der Waals surface area (Å²) >= 11 is 0. The number of ether oxygens (including phenoxy) is 1. The summed E-state index contributed by atoms with van der Waals surface area (Å²) in [6.07, 6.45) is 2.27. The largest absolute Gasteiger partial charge is 0.390 e. The van der Waals surface area contributed by atoms with Gasteiger partial charge in [0.05, 0.1) is 18.8 Å². The van der Waals surface area contributed by atoms with E-state index in [-0.39, 0.29) is 23.7 Å². The SMILES string of the molecule is C[C@H](OCc1ccccc1)[C@@H](O)[C@@H]1C(=O)[C@H]2CCC[C@@H]12. The third-order valence-corrected chi connectivity index (χ3v) is 4.93. The molecule has 0 amide bonds. The van der Waals surface area contributed by atoms with Gasteiger partial charge in [0.1, 0.15) is 5.78 Å². The van der Waals surface area contributed by atoms with Gasteiger partial charge in [0, 0.05) is 11.8 Å². The van der Waals surface area contributed by atoms with Crippen LogP contribution in [0.5, 0.6) is 0 Å². The number of fused-ring (bicyclic) bond motifs is 1. The number of carbonyl (C=O) groups is 1. The van der Waals surface area contributed by atoms with E-state index in [0.29, 0.717) is 12.5 Å². The van der Waals surface area contributed by atoms with Gasteiger partial charge in [-0.3, -0.25) is 4.79 Å². The van der Waals surface area contributed by atoms with Gasteiger partial charge in [-0.15, -0.1) is 0 Å². The molecule has 2 aliphatic rings. The molecule has 0 heterocycles. The monoisotopic (exact) mass is 274 g/mol. The number of benzene rings is 1. The first-order chi connectivity index (χ1) is 9.68. The molecule has 3 rings (SSSR count). The van der Waals surface area contributed by atoms with Crippen molar-refractivity contribution < 1.29 is 14.6 Å². The van der Waals surface area contributed by atoms with Crippen LogP contribution in [-0.4, -0.2) is 23.1 Å². The van der Waals surface area contributed by atoms with Crippen LogP contribution in [0, 0.1) is 17.8 Å². The van der Waals surface area contributed by atoms with Gasteiger partial charge in [-0.1, -0.05) is 36.8 Å². The van der Waals surface area contributed by atoms with Crippen LogP contribution in [0.1, 0.15) is 31.7 Å². The predicted octanol–water partition coefficient (Wildman–Crippen LogP) is 2.57. The molecule has 0 bridgehead atoms. The van der Waals surface area contributed by atoms with Crippen LogP contribution in [-0.2, 0) is 16.1 Å². The summed E-state index contributed by atoms with van der Waals surface area (Å²) in [6, 6.07) is 9.91. The summed E-state index contributed by atoms with van der Waals surface area (Å²) in [5.74, 6) is 0.708. The Morgan fingerprint density at radius 1 is 1.30 bits per heavy atom. The van der Waals surface area contributed by atoms with Crippen molar-refractivity contribution in [2.75, 3.05) is 0 Å². The Kier molecular flexibility index (Phi) is 3.90. The van der Waals surface area contributed by atoms with E-state index in [1.54, 1.807) is 0 Å². The Labute approximate surface area is 120 Å². The fourth-order valence-corrected chi connectivity index (χ4v) is 3.73. The zero-order valence-corrected chi connectivity index (χ0v) is 11.9. The highest BCUT2D eigenvalue weighted by Gasteiger charge is 2.55. The summed E-state index contributed by atoms with van der Waals surface area (Å²) in [5.41, 5.74) is 1.09. The molecule has 1 aromatic carbocycles. The fraction of sp³-hybridized carbons (Fsp3) is 0.588. The number of carbonyl (C=O) groups excluding carboxylic acids is 1. The van der Waals surface area contributed by atoms with Gasteiger partial charge in [0.2, 0.25) is 0 Å². The molecule has 20 heavy (non-hydrogen) atoms. The first-order valence-corrected chi connectivity index (χ1v) is 7.56. The van der Waals surface area contributed by atoms with Crippen molar-refractivity contribution in [1.82, 2.24) is 0 Å². The molecule has 0 aliphatic heterocycles. The van der Waals surface area contributed by atoms with Crippen LogP contribution in [0.2, 0.25) is 0 Å². The highest BCUT2D eigenvalue weighted by atomic mass is 16.5. The van der Waals surface area contributed by atoms with E-state index in [4.69, 9.17) is 4.74 Å². The first kappa shape index (κ1) is 13.8. The Hall–Kier alpha value is -1.19. The summed E-state index contributed by atoms with van der Waals surface area (Å²) < 4.78 is 5.74. The smallest absolute Gasteiger partial charge is 0.142 e. The number of hydrogen-bond acceptors (Lipinski definition) is 3. The summed E-state index contributed by atoms with van der Waals surface area (Å²) in [4.78, 5) is 12.0. The Morgan fingerprint density at radius 2 is 2.05 bits per heavy atom. The van der Waals surface area contributed by atoms with Crippen molar-refractivity contribution in [2.45, 2.75) is 45.0 Å². The molecule has 3 nitrogen and oxygen atoms in total. The predicted molar refractivity (Wildman–Crippen MR) is 76.0 cm³/mol. The minimum absolute atomic E-state index is 0.187. The van der Waals surface area contributed by atoms with Crippen LogP contribution in [0.15, 0.2) is 30.3 Å². The van der Waals surface area contributed by atoms with Crippen molar-refractivity contribution in [3.8, 4) is 0 Å². The van der Waals surface area contributed by atoms with Gasteiger partial charge in [-0.05, 0) is 31.2 Å². The van der Waals surface area contributed by atoms with Crippen molar-refractivity contribution >= 4 is 5.78 Å². The first-order valence-electron chi connectivity index (χ1n) is 7.56. The fourth-order valence-electron chi connectivity index (χ4n) is 3.73. The standard InChI is InChI=1S/C17H22O3/c1-11(20-10-12-6-3-2-4-7-12)16(18)15-13-8-5-9-14(13)17(15)19/h2-4,6-7,11,13-16,18H,5,8-10H2,1H3/t11-,13+,14-,15+,16+/m0/s1. The number of rotatable bonds is 5. The lowest BCUT2D eigenvalue weighted by Gasteiger charge is -2.43. The molecule has 2 aliphatic carbocycles. The molecule has 2 fully saturated rings. The van der Waals surface area contributed by atoms with E-state index in [1.165, 1.54) is 0 Å². The van der Waals surface area contributed by atoms with Crippen molar-refractivity contribution in [2.24, 2.45) is 17.8 Å². The summed E-state index contributed by atoms with van der Waals surface area (Å²) in [5, 5.41) is 10.4. The van der Waals surface area contributed by atoms with E-state index >= 15 is 0 Å². The van der Waals surface area contributed by atoms with Crippen molar-refractivity contribution in [3.63, 3.8) is 0 Å². The zero-order chi connectivity index (χ0) is 14.1. The van der Waals surface area contributed by atoms with Crippen molar-refractivity contribution in [3.05, 3.63) is 35.9 Å². The van der Waals surface area contributed by atoms with Crippen LogP contribution < -0.4 is 0 Å². The van der Waals surface area contributed by atoms with Gasteiger partial charge >= 0.3 is 0 Å². The van der Waals surface area contributed by atoms with E-state index in [9.17, 15) is 9.90 Å². The van der Waals surface area contributed by atoms with Gasteiger partial charge in [0.15, 0.2) is 0 Å². The average Bonchev–Trinajstić information content (AvgIpc) is 2.89. The molecule has 1 aromatic rings. The van der Waals surface area contributed by atoms with Crippen LogP contribution in [0.25, 0.3) is 0 Å². The summed E-state index contributed by atoms with van der Waals surface area (Å²) in [6.45, 7) is 2.34. The minimum atomic E-state index is -0.662. The highest BCUT2D eigenvalue weighted by Crippen LogP contribution is 2.50. The maximum atomic E-state index is 12.0. The maximum absolute atomic E-state index is 12.0. The number of aliphatic hydroxyl groups is 1. The molecule has 0 radical (unpaired) electrons. The molecule has 1 N–H and O–H groups in total. The molecule has 0 saturated heterocycles. The van der Waals surface area contributed by atoms with Gasteiger partial charge < -0.3 is 9.84 Å². The maximum Gasteiger partial charge on any atom is 0.142 e. The zero-order valence-electron chi connectivity index (χ0n) is 11.9. The molecular weight excluding hydrogens is 252 g/mol. The highest BCUT2D eigenvalue weighted by molar-refractivity contribution is 5.91. The van der Waals surface area contributed by atoms with Gasteiger partial charge in [-0.2, -0.15) is 0 Å². The van der Waals surface area contributed by atoms with E-state index < -0.39 is 6.10 Å². The van der Waals surface area contributed by atoms with E-state index in [1.807, 2.05) is 37.3 Å². The topological polar surface area (TPSA) is 46.5 Å². The van der Waals surface area contributed by atoms with Gasteiger partial charge in [0.25, 0.3) is 0 Å². The Balaban J connectivity index is 1.54. The third-order valence-electron chi connectivity index (χ3n) is 4.93. The number of aliphatic hydroxyl groups excluding tert-OH is 1. The second kappa shape index (κ2) is 5.66. The molecule has 0 aromatic heterocycles. The van der Waals surface area contributed by atoms with Crippen LogP contribution in [0.4, 0.5) is 0 Å². The lowest BCUT2D eigenvalue weighted by Crippen LogP contribution is -2.53. The lowest BCUT2D eigenvalue weighted by atomic mass is 9.62. The molecule has 108 valence electrons. The molecular formula is C17H22O3. The number of Topliss-reactive ketones (excluding diaryl/α,β-unsaturated/α-hetero) is 1. The van der Waals surface area contributed by atoms with Gasteiger partial charge in [-0.25, -0.2) is 0 Å². The average molecular weight is 274 g/mol. The Bertz CT molecular complexity index is 470. The minimum Gasteiger partial charge on any atom is -0.390 e. The van der Waals surface area contributed by atoms with Crippen LogP contribution in [0.3, 0.4) is 0 Å². The Morgan fingerprint density at radius 3 is 2.80 bits per heavy atom. The van der Waals surface area contributed by atoms with Crippen LogP contribution >= 0.6 is 0 Å². The second-order valence-corrected chi connectivity index (χ2v) is 6.12. The third kappa shape index (κ3) is 2.40. The second-order valence-electron chi connectivity index (χ2n) is 6.12.